The van der Waals surface area contributed by atoms with Gasteiger partial charge in [-0.2, -0.15) is 9.39 Å². The average molecular weight is 463 g/mol. The van der Waals surface area contributed by atoms with Crippen molar-refractivity contribution in [3.63, 3.8) is 0 Å². The van der Waals surface area contributed by atoms with Crippen LogP contribution in [0.25, 0.3) is 17.4 Å². The highest BCUT2D eigenvalue weighted by molar-refractivity contribution is 8.16. The minimum absolute atomic E-state index is 0.0394. The number of halogens is 1. The van der Waals surface area contributed by atoms with Gasteiger partial charge in [-0.25, -0.2) is 13.3 Å². The van der Waals surface area contributed by atoms with E-state index in [1.54, 1.807) is 30.3 Å². The summed E-state index contributed by atoms with van der Waals surface area (Å²) in [6, 6.07) is 10.5. The maximum Gasteiger partial charge on any atom is 0.283 e. The van der Waals surface area contributed by atoms with Gasteiger partial charge in [-0.3, -0.25) is 10.2 Å². The molecule has 0 aliphatic carbocycles. The number of hydrogen-bond donors (Lipinski definition) is 1. The van der Waals surface area contributed by atoms with Crippen molar-refractivity contribution < 1.29 is 17.6 Å². The number of benzene rings is 1. The molecule has 0 saturated carbocycles. The van der Waals surface area contributed by atoms with Gasteiger partial charge in [0.2, 0.25) is 20.2 Å². The van der Waals surface area contributed by atoms with Crippen molar-refractivity contribution in [2.75, 3.05) is 0 Å². The Labute approximate surface area is 181 Å². The molecule has 0 bridgehead atoms. The summed E-state index contributed by atoms with van der Waals surface area (Å²) in [5.41, 5.74) is 0.579. The first-order chi connectivity index (χ1) is 14.2. The number of sulfone groups is 1. The third kappa shape index (κ3) is 3.40. The quantitative estimate of drug-likeness (QED) is 0.544. The molecule has 30 heavy (non-hydrogen) atoms. The molecule has 1 amide bonds. The van der Waals surface area contributed by atoms with E-state index in [4.69, 9.17) is 21.4 Å². The number of rotatable bonds is 3. The number of nitrogens with zero attached hydrogens (tertiary/aromatic N) is 3. The molecular weight excluding hydrogens is 448 g/mol. The van der Waals surface area contributed by atoms with Gasteiger partial charge in [-0.05, 0) is 44.2 Å². The van der Waals surface area contributed by atoms with Gasteiger partial charge in [0.1, 0.15) is 17.4 Å². The minimum atomic E-state index is -3.77. The lowest BCUT2D eigenvalue weighted by Gasteiger charge is -2.25. The van der Waals surface area contributed by atoms with Crippen molar-refractivity contribution in [2.45, 2.75) is 19.1 Å². The highest BCUT2D eigenvalue weighted by atomic mass is 35.5. The minimum Gasteiger partial charge on any atom is -0.457 e. The Bertz CT molecular complexity index is 1270. The van der Waals surface area contributed by atoms with Crippen LogP contribution in [0.1, 0.15) is 19.6 Å². The van der Waals surface area contributed by atoms with Crippen LogP contribution < -0.4 is 0 Å². The summed E-state index contributed by atoms with van der Waals surface area (Å²) in [7, 11) is -3.77. The molecule has 1 aromatic carbocycles. The SMILES string of the molecule is CC(C)S(=O)(=O)C1=NSC2=NC(=O)/C(=C\c3ccc(-c4ccccc4Cl)o3)C(=N)N21. The fraction of sp³-hybridized carbons (Fsp3) is 0.158. The summed E-state index contributed by atoms with van der Waals surface area (Å²) in [5.74, 6) is -0.206. The molecule has 2 aliphatic rings. The third-order valence-corrected chi connectivity index (χ3v) is 7.59. The van der Waals surface area contributed by atoms with Crippen LogP contribution in [0, 0.1) is 5.41 Å². The van der Waals surface area contributed by atoms with Crippen LogP contribution >= 0.6 is 23.5 Å². The zero-order chi connectivity index (χ0) is 21.6. The number of amidine groups is 3. The highest BCUT2D eigenvalue weighted by Gasteiger charge is 2.43. The zero-order valence-corrected chi connectivity index (χ0v) is 18.2. The Hall–Kier alpha value is -2.69. The molecule has 0 fully saturated rings. The van der Waals surface area contributed by atoms with Gasteiger partial charge in [0.25, 0.3) is 5.91 Å². The number of nitrogens with one attached hydrogen (secondary N) is 1. The number of furan rings is 1. The first kappa shape index (κ1) is 20.6. The normalized spacial score (nSPS) is 18.1. The van der Waals surface area contributed by atoms with E-state index in [1.807, 2.05) is 6.07 Å². The Morgan fingerprint density at radius 3 is 2.67 bits per heavy atom. The highest BCUT2D eigenvalue weighted by Crippen LogP contribution is 2.33. The van der Waals surface area contributed by atoms with Gasteiger partial charge < -0.3 is 4.42 Å². The van der Waals surface area contributed by atoms with Crippen molar-refractivity contribution in [3.05, 3.63) is 52.8 Å². The van der Waals surface area contributed by atoms with Gasteiger partial charge in [-0.15, -0.1) is 0 Å². The van der Waals surface area contributed by atoms with E-state index in [0.717, 1.165) is 16.8 Å². The monoisotopic (exact) mass is 462 g/mol. The Morgan fingerprint density at radius 1 is 1.23 bits per heavy atom. The van der Waals surface area contributed by atoms with Gasteiger partial charge in [0, 0.05) is 5.56 Å². The molecule has 154 valence electrons. The Kier molecular flexibility index (Phi) is 5.16. The second kappa shape index (κ2) is 7.53. The first-order valence-corrected chi connectivity index (χ1v) is 11.5. The molecule has 4 rings (SSSR count). The number of hydrogen-bond acceptors (Lipinski definition) is 7. The number of carbonyl (C=O) groups excluding carboxylic acids is 1. The van der Waals surface area contributed by atoms with Crippen LogP contribution in [0.5, 0.6) is 0 Å². The van der Waals surface area contributed by atoms with Crippen LogP contribution in [-0.4, -0.2) is 40.6 Å². The summed E-state index contributed by atoms with van der Waals surface area (Å²) in [6.45, 7) is 3.04. The summed E-state index contributed by atoms with van der Waals surface area (Å²) in [6.07, 6.45) is 1.36. The Balaban J connectivity index is 1.71. The van der Waals surface area contributed by atoms with E-state index in [0.29, 0.717) is 22.1 Å². The fourth-order valence-electron chi connectivity index (χ4n) is 2.77. The summed E-state index contributed by atoms with van der Waals surface area (Å²) in [4.78, 5) is 17.4. The molecular formula is C19H15ClN4O4S2. The average Bonchev–Trinajstić information content (AvgIpc) is 3.32. The van der Waals surface area contributed by atoms with Crippen molar-refractivity contribution >= 4 is 61.5 Å². The Morgan fingerprint density at radius 2 is 1.97 bits per heavy atom. The van der Waals surface area contributed by atoms with Crippen LogP contribution in [-0.2, 0) is 14.6 Å². The predicted molar refractivity (Wildman–Crippen MR) is 118 cm³/mol. The van der Waals surface area contributed by atoms with E-state index in [9.17, 15) is 13.2 Å². The van der Waals surface area contributed by atoms with E-state index in [2.05, 4.69) is 9.39 Å². The summed E-state index contributed by atoms with van der Waals surface area (Å²) < 4.78 is 34.9. The lowest BCUT2D eigenvalue weighted by atomic mass is 10.1. The third-order valence-electron chi connectivity index (χ3n) is 4.42. The smallest absolute Gasteiger partial charge is 0.283 e. The van der Waals surface area contributed by atoms with Gasteiger partial charge >= 0.3 is 0 Å². The van der Waals surface area contributed by atoms with Crippen LogP contribution in [0.2, 0.25) is 5.02 Å². The van der Waals surface area contributed by atoms with Crippen LogP contribution in [0.15, 0.2) is 55.8 Å². The first-order valence-electron chi connectivity index (χ1n) is 8.77. The molecule has 11 heteroatoms. The molecule has 3 heterocycles. The maximum absolute atomic E-state index is 12.6. The van der Waals surface area contributed by atoms with Gasteiger partial charge in [-0.1, -0.05) is 23.7 Å². The molecule has 0 atom stereocenters. The number of fused-ring (bicyclic) bond motifs is 1. The molecule has 0 unspecified atom stereocenters. The van der Waals surface area contributed by atoms with Crippen molar-refractivity contribution in [1.29, 1.82) is 5.41 Å². The number of carbonyl (C=O) groups is 1. The zero-order valence-electron chi connectivity index (χ0n) is 15.8. The molecule has 0 saturated heterocycles. The van der Waals surface area contributed by atoms with E-state index >= 15 is 0 Å². The van der Waals surface area contributed by atoms with Gasteiger partial charge in [0.15, 0.2) is 0 Å². The number of aliphatic imine (C=N–C) groups is 1. The van der Waals surface area contributed by atoms with E-state index in [-0.39, 0.29) is 21.7 Å². The lowest BCUT2D eigenvalue weighted by molar-refractivity contribution is -0.114. The second-order valence-corrected chi connectivity index (χ2v) is 10.2. The molecule has 2 aliphatic heterocycles. The van der Waals surface area contributed by atoms with E-state index < -0.39 is 21.0 Å². The van der Waals surface area contributed by atoms with Crippen LogP contribution in [0.3, 0.4) is 0 Å². The van der Waals surface area contributed by atoms with Crippen molar-refractivity contribution in [3.8, 4) is 11.3 Å². The largest absolute Gasteiger partial charge is 0.457 e. The summed E-state index contributed by atoms with van der Waals surface area (Å²) in [5, 5.41) is 7.95. The van der Waals surface area contributed by atoms with Crippen molar-refractivity contribution in [1.82, 2.24) is 4.90 Å². The molecule has 8 nitrogen and oxygen atoms in total. The molecule has 1 N–H and O–H groups in total. The molecule has 2 aromatic rings. The van der Waals surface area contributed by atoms with Crippen LogP contribution in [0.4, 0.5) is 0 Å². The predicted octanol–water partition coefficient (Wildman–Crippen LogP) is 4.00. The van der Waals surface area contributed by atoms with Gasteiger partial charge in [0.05, 0.1) is 27.8 Å². The fourth-order valence-corrected chi connectivity index (χ4v) is 5.06. The molecule has 0 spiro atoms. The molecule has 1 aromatic heterocycles. The standard InChI is InChI=1S/C19H15ClN4O4S2/c1-10(2)30(26,27)19-23-29-18-22-17(25)13(16(21)24(18)19)9-11-7-8-15(28-11)12-5-3-4-6-14(12)20/h3-10,21H,1-2H3/b13-9-,21-16?. The topological polar surface area (TPSA) is 116 Å². The second-order valence-electron chi connectivity index (χ2n) is 6.68. The molecule has 0 radical (unpaired) electrons. The number of amides is 1. The summed E-state index contributed by atoms with van der Waals surface area (Å²) >= 11 is 6.95. The lowest BCUT2D eigenvalue weighted by Crippen LogP contribution is -2.46. The van der Waals surface area contributed by atoms with Crippen molar-refractivity contribution in [2.24, 2.45) is 9.39 Å². The maximum atomic E-state index is 12.6. The van der Waals surface area contributed by atoms with E-state index in [1.165, 1.54) is 19.9 Å².